The number of carbonyl (C=O) groups is 1. The molecular weight excluding hydrogens is 201 g/mol. The number of hydrogen-bond donors (Lipinski definition) is 2. The van der Waals surface area contributed by atoms with E-state index >= 15 is 0 Å². The molecule has 0 aliphatic rings. The van der Waals surface area contributed by atoms with Crippen molar-refractivity contribution in [2.24, 2.45) is 10.7 Å². The maximum Gasteiger partial charge on any atom is 0.432 e. The Hall–Kier alpha value is -1.79. The fourth-order valence-corrected chi connectivity index (χ4v) is 0.390. The number of carboxylic acid groups (broad SMARTS) is 1. The highest BCUT2D eigenvalue weighted by Crippen LogP contribution is 2.24. The van der Waals surface area contributed by atoms with Crippen molar-refractivity contribution in [1.82, 2.24) is 0 Å². The standard InChI is InChI=1S/C7H7F3N2O2/c1-4(7(8,9)10)12-3-5(2-11)6(13)14/h2-3H,1,11H2,(H,13,14)/b5-2+,12-3?. The lowest BCUT2D eigenvalue weighted by molar-refractivity contribution is -0.132. The number of allylic oxidation sites excluding steroid dienone is 1. The Morgan fingerprint density at radius 3 is 2.29 bits per heavy atom. The van der Waals surface area contributed by atoms with E-state index in [2.05, 4.69) is 11.6 Å². The summed E-state index contributed by atoms with van der Waals surface area (Å²) in [4.78, 5) is 13.1. The molecule has 0 aromatic carbocycles. The number of rotatable bonds is 3. The number of hydrogen-bond acceptors (Lipinski definition) is 3. The van der Waals surface area contributed by atoms with Gasteiger partial charge in [0.25, 0.3) is 0 Å². The first-order chi connectivity index (χ1) is 6.29. The number of halogens is 3. The van der Waals surface area contributed by atoms with Crippen LogP contribution in [0.25, 0.3) is 0 Å². The second kappa shape index (κ2) is 4.45. The molecule has 0 heterocycles. The van der Waals surface area contributed by atoms with Crippen molar-refractivity contribution >= 4 is 12.2 Å². The van der Waals surface area contributed by atoms with Gasteiger partial charge >= 0.3 is 12.1 Å². The molecule has 0 amide bonds. The summed E-state index contributed by atoms with van der Waals surface area (Å²) in [6.07, 6.45) is -3.55. The van der Waals surface area contributed by atoms with E-state index in [0.29, 0.717) is 12.4 Å². The minimum absolute atomic E-state index is 0.484. The van der Waals surface area contributed by atoms with Crippen LogP contribution in [0.5, 0.6) is 0 Å². The van der Waals surface area contributed by atoms with Gasteiger partial charge in [-0.05, 0) is 0 Å². The molecule has 7 heteroatoms. The van der Waals surface area contributed by atoms with Gasteiger partial charge in [0.1, 0.15) is 5.70 Å². The summed E-state index contributed by atoms with van der Waals surface area (Å²) in [5.41, 5.74) is 2.89. The normalized spacial score (nSPS) is 13.2. The number of aliphatic imine (C=N–C) groups is 1. The van der Waals surface area contributed by atoms with E-state index in [4.69, 9.17) is 10.8 Å². The number of nitrogens with two attached hydrogens (primary N) is 1. The predicted molar refractivity (Wildman–Crippen MR) is 43.6 cm³/mol. The van der Waals surface area contributed by atoms with Crippen molar-refractivity contribution in [1.29, 1.82) is 0 Å². The topological polar surface area (TPSA) is 75.7 Å². The van der Waals surface area contributed by atoms with Gasteiger partial charge in [0, 0.05) is 12.4 Å². The fourth-order valence-electron chi connectivity index (χ4n) is 0.390. The molecular formula is C7H7F3N2O2. The van der Waals surface area contributed by atoms with E-state index in [1.54, 1.807) is 0 Å². The average Bonchev–Trinajstić information content (AvgIpc) is 2.02. The maximum absolute atomic E-state index is 11.8. The third-order valence-corrected chi connectivity index (χ3v) is 1.11. The van der Waals surface area contributed by atoms with Crippen LogP contribution in [0.15, 0.2) is 29.0 Å². The second-order valence-corrected chi connectivity index (χ2v) is 2.13. The summed E-state index contributed by atoms with van der Waals surface area (Å²) in [5, 5.41) is 8.34. The summed E-state index contributed by atoms with van der Waals surface area (Å²) in [6.45, 7) is 2.61. The molecule has 0 fully saturated rings. The molecule has 14 heavy (non-hydrogen) atoms. The number of carboxylic acids is 1. The van der Waals surface area contributed by atoms with Gasteiger partial charge in [-0.2, -0.15) is 13.2 Å². The van der Waals surface area contributed by atoms with Crippen molar-refractivity contribution in [3.05, 3.63) is 24.0 Å². The molecule has 78 valence electrons. The Morgan fingerprint density at radius 2 is 2.00 bits per heavy atom. The zero-order valence-corrected chi connectivity index (χ0v) is 6.88. The third kappa shape index (κ3) is 3.74. The van der Waals surface area contributed by atoms with E-state index in [-0.39, 0.29) is 0 Å². The van der Waals surface area contributed by atoms with Crippen LogP contribution in [0.4, 0.5) is 13.2 Å². The summed E-state index contributed by atoms with van der Waals surface area (Å²) in [5.74, 6) is -1.47. The highest BCUT2D eigenvalue weighted by Gasteiger charge is 2.31. The second-order valence-electron chi connectivity index (χ2n) is 2.13. The lowest BCUT2D eigenvalue weighted by Crippen LogP contribution is -2.10. The highest BCUT2D eigenvalue weighted by molar-refractivity contribution is 6.08. The molecule has 3 N–H and O–H groups in total. The van der Waals surface area contributed by atoms with E-state index in [0.717, 1.165) is 0 Å². The van der Waals surface area contributed by atoms with Crippen LogP contribution in [0.1, 0.15) is 0 Å². The molecule has 0 spiro atoms. The number of nitrogens with zero attached hydrogens (tertiary/aromatic N) is 1. The van der Waals surface area contributed by atoms with E-state index in [1.807, 2.05) is 0 Å². The summed E-state index contributed by atoms with van der Waals surface area (Å²) < 4.78 is 35.4. The van der Waals surface area contributed by atoms with E-state index < -0.39 is 23.4 Å². The first-order valence-corrected chi connectivity index (χ1v) is 3.24. The molecule has 0 saturated carbocycles. The summed E-state index contributed by atoms with van der Waals surface area (Å²) >= 11 is 0. The first kappa shape index (κ1) is 12.2. The largest absolute Gasteiger partial charge is 0.478 e. The lowest BCUT2D eigenvalue weighted by Gasteiger charge is -2.03. The van der Waals surface area contributed by atoms with Crippen molar-refractivity contribution in [3.8, 4) is 0 Å². The Balaban J connectivity index is 4.61. The van der Waals surface area contributed by atoms with Gasteiger partial charge < -0.3 is 10.8 Å². The van der Waals surface area contributed by atoms with Crippen LogP contribution in [-0.2, 0) is 4.79 Å². The molecule has 0 aliphatic carbocycles. The van der Waals surface area contributed by atoms with Crippen LogP contribution in [0.2, 0.25) is 0 Å². The maximum atomic E-state index is 11.8. The van der Waals surface area contributed by atoms with Crippen LogP contribution in [-0.4, -0.2) is 23.5 Å². The zero-order chi connectivity index (χ0) is 11.4. The molecule has 0 atom stereocenters. The summed E-state index contributed by atoms with van der Waals surface area (Å²) in [7, 11) is 0. The predicted octanol–water partition coefficient (Wildman–Crippen LogP) is 1.06. The fraction of sp³-hybridized carbons (Fsp3) is 0.143. The lowest BCUT2D eigenvalue weighted by atomic mass is 10.3. The van der Waals surface area contributed by atoms with Crippen LogP contribution < -0.4 is 5.73 Å². The molecule has 0 rings (SSSR count). The Bertz CT molecular complexity index is 305. The monoisotopic (exact) mass is 208 g/mol. The molecule has 0 unspecified atom stereocenters. The van der Waals surface area contributed by atoms with Gasteiger partial charge in [-0.15, -0.1) is 0 Å². The number of aliphatic carboxylic acids is 1. The molecule has 0 saturated heterocycles. The average molecular weight is 208 g/mol. The molecule has 0 aliphatic heterocycles. The van der Waals surface area contributed by atoms with Crippen molar-refractivity contribution in [3.63, 3.8) is 0 Å². The highest BCUT2D eigenvalue weighted by atomic mass is 19.4. The van der Waals surface area contributed by atoms with Gasteiger partial charge in [0.05, 0.1) is 5.57 Å². The molecule has 4 nitrogen and oxygen atoms in total. The van der Waals surface area contributed by atoms with Gasteiger partial charge in [0.2, 0.25) is 0 Å². The Labute approximate surface area is 77.2 Å². The van der Waals surface area contributed by atoms with Gasteiger partial charge in [-0.25, -0.2) is 4.79 Å². The van der Waals surface area contributed by atoms with Gasteiger partial charge in [0.15, 0.2) is 0 Å². The Morgan fingerprint density at radius 1 is 1.50 bits per heavy atom. The van der Waals surface area contributed by atoms with E-state index in [9.17, 15) is 18.0 Å². The van der Waals surface area contributed by atoms with Crippen LogP contribution in [0.3, 0.4) is 0 Å². The van der Waals surface area contributed by atoms with Crippen molar-refractivity contribution < 1.29 is 23.1 Å². The minimum atomic E-state index is -4.67. The molecule has 0 bridgehead atoms. The van der Waals surface area contributed by atoms with E-state index in [1.165, 1.54) is 0 Å². The summed E-state index contributed by atoms with van der Waals surface area (Å²) in [6, 6.07) is 0. The Kier molecular flexibility index (Phi) is 3.88. The molecule has 0 radical (unpaired) electrons. The van der Waals surface area contributed by atoms with Crippen molar-refractivity contribution in [2.75, 3.05) is 0 Å². The SMILES string of the molecule is C=C(N=C/C(=C\N)C(=O)O)C(F)(F)F. The molecule has 0 aromatic rings. The first-order valence-electron chi connectivity index (χ1n) is 3.24. The minimum Gasteiger partial charge on any atom is -0.478 e. The van der Waals surface area contributed by atoms with Gasteiger partial charge in [-0.3, -0.25) is 4.99 Å². The number of alkyl halides is 3. The third-order valence-electron chi connectivity index (χ3n) is 1.11. The van der Waals surface area contributed by atoms with Crippen molar-refractivity contribution in [2.45, 2.75) is 6.18 Å². The van der Waals surface area contributed by atoms with Crippen LogP contribution >= 0.6 is 0 Å². The zero-order valence-electron chi connectivity index (χ0n) is 6.88. The smallest absolute Gasteiger partial charge is 0.432 e. The van der Waals surface area contributed by atoms with Gasteiger partial charge in [-0.1, -0.05) is 6.58 Å². The quantitative estimate of drug-likeness (QED) is 0.537. The van der Waals surface area contributed by atoms with Crippen LogP contribution in [0, 0.1) is 0 Å². The molecule has 0 aromatic heterocycles.